The summed E-state index contributed by atoms with van der Waals surface area (Å²) in [7, 11) is 0. The lowest BCUT2D eigenvalue weighted by molar-refractivity contribution is 0.235. The van der Waals surface area contributed by atoms with E-state index in [2.05, 4.69) is 25.3 Å². The minimum atomic E-state index is -1.11. The number of rotatable bonds is 2. The van der Waals surface area contributed by atoms with Gasteiger partial charge in [-0.15, -0.1) is 25.3 Å². The second-order valence-electron chi connectivity index (χ2n) is 2.66. The van der Waals surface area contributed by atoms with Gasteiger partial charge in [0, 0.05) is 9.80 Å². The van der Waals surface area contributed by atoms with E-state index in [1.807, 2.05) is 6.07 Å². The van der Waals surface area contributed by atoms with E-state index in [1.54, 1.807) is 30.3 Å². The lowest BCUT2D eigenvalue weighted by atomic mass is 10.0. The smallest absolute Gasteiger partial charge is 0.166 e. The van der Waals surface area contributed by atoms with Crippen LogP contribution in [-0.2, 0) is 0 Å². The van der Waals surface area contributed by atoms with Crippen molar-refractivity contribution < 1.29 is 5.11 Å². The van der Waals surface area contributed by atoms with Crippen LogP contribution in [0.4, 0.5) is 0 Å². The van der Waals surface area contributed by atoms with E-state index in [4.69, 9.17) is 5.26 Å². The van der Waals surface area contributed by atoms with Gasteiger partial charge in [0.1, 0.15) is 0 Å². The summed E-state index contributed by atoms with van der Waals surface area (Å²) in [5.74, 6) is 0. The largest absolute Gasteiger partial charge is 0.374 e. The van der Waals surface area contributed by atoms with Gasteiger partial charge in [-0.05, 0) is 11.6 Å². The lowest BCUT2D eigenvalue weighted by Crippen LogP contribution is -1.96. The van der Waals surface area contributed by atoms with Crippen molar-refractivity contribution >= 4 is 31.3 Å². The molecule has 1 N–H and O–H groups in total. The molecule has 0 spiro atoms. The molecule has 2 nitrogen and oxygen atoms in total. The maximum Gasteiger partial charge on any atom is 0.166 e. The maximum absolute atomic E-state index is 9.38. The summed E-state index contributed by atoms with van der Waals surface area (Å²) in [5.41, 5.74) is 1.32. The van der Waals surface area contributed by atoms with Crippen molar-refractivity contribution in [1.29, 1.82) is 5.26 Å². The molecular formula is C10H9NOS2. The van der Waals surface area contributed by atoms with E-state index in [1.165, 1.54) is 0 Å². The first-order valence-corrected chi connectivity index (χ1v) is 4.81. The second kappa shape index (κ2) is 5.11. The number of nitrogens with zero attached hydrogens (tertiary/aromatic N) is 1. The van der Waals surface area contributed by atoms with Crippen molar-refractivity contribution in [3.8, 4) is 6.07 Å². The van der Waals surface area contributed by atoms with Crippen LogP contribution in [0.15, 0.2) is 28.5 Å². The summed E-state index contributed by atoms with van der Waals surface area (Å²) in [4.78, 5) is 0. The number of thiol groups is 2. The molecular weight excluding hydrogens is 214 g/mol. The zero-order valence-corrected chi connectivity index (χ0v) is 9.04. The van der Waals surface area contributed by atoms with E-state index < -0.39 is 6.10 Å². The Labute approximate surface area is 93.7 Å². The topological polar surface area (TPSA) is 44.0 Å². The van der Waals surface area contributed by atoms with Crippen molar-refractivity contribution in [1.82, 2.24) is 0 Å². The fourth-order valence-corrected chi connectivity index (χ4v) is 1.38. The predicted octanol–water partition coefficient (Wildman–Crippen LogP) is 2.40. The Hall–Kier alpha value is -0.890. The number of hydrogen-bond donors (Lipinski definition) is 3. The van der Waals surface area contributed by atoms with Crippen molar-refractivity contribution in [2.45, 2.75) is 6.10 Å². The average Bonchev–Trinajstić information content (AvgIpc) is 2.16. The first kappa shape index (κ1) is 11.2. The summed E-state index contributed by atoms with van der Waals surface area (Å²) in [6, 6.07) is 8.86. The summed E-state index contributed by atoms with van der Waals surface area (Å²) in [6.45, 7) is 0. The van der Waals surface area contributed by atoms with Gasteiger partial charge in [-0.3, -0.25) is 0 Å². The lowest BCUT2D eigenvalue weighted by Gasteiger charge is -2.06. The zero-order valence-electron chi connectivity index (χ0n) is 7.25. The van der Waals surface area contributed by atoms with Gasteiger partial charge in [0.2, 0.25) is 0 Å². The molecule has 0 aliphatic heterocycles. The van der Waals surface area contributed by atoms with E-state index in [0.717, 1.165) is 5.56 Å². The molecule has 1 atom stereocenters. The van der Waals surface area contributed by atoms with Crippen LogP contribution in [0, 0.1) is 11.3 Å². The van der Waals surface area contributed by atoms with Crippen LogP contribution >= 0.6 is 25.3 Å². The molecule has 0 aromatic heterocycles. The summed E-state index contributed by atoms with van der Waals surface area (Å²) >= 11 is 8.03. The number of nitriles is 1. The number of aliphatic hydroxyl groups is 1. The maximum atomic E-state index is 9.38. The molecule has 1 aromatic carbocycles. The van der Waals surface area contributed by atoms with Crippen LogP contribution in [0.2, 0.25) is 0 Å². The molecule has 0 radical (unpaired) electrons. The van der Waals surface area contributed by atoms with Crippen LogP contribution < -0.4 is 0 Å². The Balaban J connectivity index is 3.17. The Morgan fingerprint density at radius 1 is 1.43 bits per heavy atom. The van der Waals surface area contributed by atoms with Gasteiger partial charge in [-0.1, -0.05) is 24.3 Å². The van der Waals surface area contributed by atoms with Gasteiger partial charge in [-0.2, -0.15) is 5.26 Å². The van der Waals surface area contributed by atoms with E-state index in [0.29, 0.717) is 9.80 Å². The van der Waals surface area contributed by atoms with Crippen molar-refractivity contribution in [2.24, 2.45) is 0 Å². The Morgan fingerprint density at radius 2 is 2.07 bits per heavy atom. The third-order valence-corrected chi connectivity index (χ3v) is 1.96. The molecule has 0 fully saturated rings. The summed E-state index contributed by atoms with van der Waals surface area (Å²) in [5, 5.41) is 18.0. The van der Waals surface area contributed by atoms with Crippen molar-refractivity contribution in [3.05, 3.63) is 39.6 Å². The minimum Gasteiger partial charge on any atom is -0.374 e. The number of benzene rings is 1. The molecule has 0 saturated heterocycles. The molecule has 4 heteroatoms. The van der Waals surface area contributed by atoms with Gasteiger partial charge < -0.3 is 5.11 Å². The highest BCUT2D eigenvalue weighted by Crippen LogP contribution is 2.21. The number of hydrogen-bond acceptors (Lipinski definition) is 4. The molecule has 0 amide bonds. The monoisotopic (exact) mass is 223 g/mol. The van der Waals surface area contributed by atoms with Gasteiger partial charge in [0.25, 0.3) is 0 Å². The standard InChI is InChI=1S/C10H9NOS2/c11-6-9(12)8-4-2-1-3-7(8)5-10(13)14/h1-5,9,12-14H/t9-/m0/s1. The third kappa shape index (κ3) is 2.81. The fraction of sp³-hybridized carbons (Fsp3) is 0.100. The highest BCUT2D eigenvalue weighted by molar-refractivity contribution is 8.05. The van der Waals surface area contributed by atoms with Crippen LogP contribution in [0.1, 0.15) is 17.2 Å². The molecule has 1 aromatic rings. The van der Waals surface area contributed by atoms with E-state index >= 15 is 0 Å². The summed E-state index contributed by atoms with van der Waals surface area (Å²) < 4.78 is 0.530. The van der Waals surface area contributed by atoms with Crippen LogP contribution in [-0.4, -0.2) is 5.11 Å². The molecule has 0 heterocycles. The molecule has 0 aliphatic rings. The van der Waals surface area contributed by atoms with Crippen molar-refractivity contribution in [3.63, 3.8) is 0 Å². The van der Waals surface area contributed by atoms with E-state index in [9.17, 15) is 5.11 Å². The van der Waals surface area contributed by atoms with Crippen LogP contribution in [0.25, 0.3) is 6.08 Å². The molecule has 14 heavy (non-hydrogen) atoms. The van der Waals surface area contributed by atoms with Gasteiger partial charge >= 0.3 is 0 Å². The number of aliphatic hydroxyl groups excluding tert-OH is 1. The second-order valence-corrected chi connectivity index (χ2v) is 3.98. The average molecular weight is 223 g/mol. The Kier molecular flexibility index (Phi) is 4.08. The quantitative estimate of drug-likeness (QED) is 0.532. The third-order valence-electron chi connectivity index (χ3n) is 1.70. The highest BCUT2D eigenvalue weighted by atomic mass is 32.2. The molecule has 0 aliphatic carbocycles. The predicted molar refractivity (Wildman–Crippen MR) is 63.0 cm³/mol. The fourth-order valence-electron chi connectivity index (χ4n) is 1.10. The molecule has 0 bridgehead atoms. The van der Waals surface area contributed by atoms with Crippen LogP contribution in [0.5, 0.6) is 0 Å². The minimum absolute atomic E-state index is 0.530. The Bertz CT molecular complexity index is 391. The van der Waals surface area contributed by atoms with Crippen molar-refractivity contribution in [2.75, 3.05) is 0 Å². The molecule has 0 unspecified atom stereocenters. The summed E-state index contributed by atoms with van der Waals surface area (Å²) in [6.07, 6.45) is 0.575. The van der Waals surface area contributed by atoms with Crippen LogP contribution in [0.3, 0.4) is 0 Å². The Morgan fingerprint density at radius 3 is 2.64 bits per heavy atom. The molecule has 72 valence electrons. The van der Waals surface area contributed by atoms with Gasteiger partial charge in [0.05, 0.1) is 6.07 Å². The zero-order chi connectivity index (χ0) is 10.6. The SMILES string of the molecule is N#C[C@H](O)c1ccccc1C=C(S)S. The van der Waals surface area contributed by atoms with E-state index in [-0.39, 0.29) is 0 Å². The van der Waals surface area contributed by atoms with Gasteiger partial charge in [-0.25, -0.2) is 0 Å². The normalized spacial score (nSPS) is 11.6. The highest BCUT2D eigenvalue weighted by Gasteiger charge is 2.08. The molecule has 0 saturated carbocycles. The molecule has 1 rings (SSSR count). The first-order valence-electron chi connectivity index (χ1n) is 3.91. The first-order chi connectivity index (χ1) is 6.65. The van der Waals surface area contributed by atoms with Gasteiger partial charge in [0.15, 0.2) is 6.10 Å².